The van der Waals surface area contributed by atoms with Gasteiger partial charge in [-0.2, -0.15) is 0 Å². The van der Waals surface area contributed by atoms with E-state index >= 15 is 0 Å². The third-order valence-electron chi connectivity index (χ3n) is 4.18. The van der Waals surface area contributed by atoms with Gasteiger partial charge < -0.3 is 14.8 Å². The molecule has 0 aromatic heterocycles. The van der Waals surface area contributed by atoms with E-state index in [2.05, 4.69) is 37.4 Å². The van der Waals surface area contributed by atoms with Crippen LogP contribution in [0.15, 0.2) is 42.5 Å². The van der Waals surface area contributed by atoms with E-state index in [1.165, 1.54) is 16.7 Å². The maximum Gasteiger partial charge on any atom is 0.234 e. The number of aryl methyl sites for hydroxylation is 2. The van der Waals surface area contributed by atoms with Crippen LogP contribution < -0.4 is 14.8 Å². The minimum absolute atomic E-state index is 0.00226. The first-order chi connectivity index (χ1) is 13.0. The van der Waals surface area contributed by atoms with E-state index < -0.39 is 0 Å². The second-order valence-corrected chi connectivity index (χ2v) is 6.71. The molecule has 0 atom stereocenters. The molecule has 5 nitrogen and oxygen atoms in total. The first kappa shape index (κ1) is 20.8. The van der Waals surface area contributed by atoms with Crippen molar-refractivity contribution in [1.29, 1.82) is 0 Å². The average Bonchev–Trinajstić information content (AvgIpc) is 2.63. The van der Waals surface area contributed by atoms with Gasteiger partial charge in [-0.15, -0.1) is 0 Å². The molecule has 27 heavy (non-hydrogen) atoms. The Morgan fingerprint density at radius 3 is 2.33 bits per heavy atom. The minimum Gasteiger partial charge on any atom is -0.494 e. The van der Waals surface area contributed by atoms with Crippen LogP contribution in [0.25, 0.3) is 0 Å². The molecule has 0 heterocycles. The van der Waals surface area contributed by atoms with Gasteiger partial charge in [0.05, 0.1) is 19.7 Å². The smallest absolute Gasteiger partial charge is 0.234 e. The van der Waals surface area contributed by atoms with Crippen LogP contribution in [0.3, 0.4) is 0 Å². The number of hydrogen-bond donors (Lipinski definition) is 1. The summed E-state index contributed by atoms with van der Waals surface area (Å²) < 4.78 is 11.0. The van der Waals surface area contributed by atoms with Crippen LogP contribution >= 0.6 is 0 Å². The van der Waals surface area contributed by atoms with Crippen molar-refractivity contribution < 1.29 is 14.3 Å². The van der Waals surface area contributed by atoms with Gasteiger partial charge in [-0.25, -0.2) is 0 Å². The van der Waals surface area contributed by atoms with Gasteiger partial charge in [0.25, 0.3) is 0 Å². The van der Waals surface area contributed by atoms with E-state index in [-0.39, 0.29) is 5.91 Å². The normalized spacial score (nSPS) is 10.7. The van der Waals surface area contributed by atoms with Crippen molar-refractivity contribution in [1.82, 2.24) is 10.2 Å². The predicted molar refractivity (Wildman–Crippen MR) is 108 cm³/mol. The van der Waals surface area contributed by atoms with Crippen molar-refractivity contribution >= 4 is 5.91 Å². The van der Waals surface area contributed by atoms with Gasteiger partial charge in [0.2, 0.25) is 5.91 Å². The lowest BCUT2D eigenvalue weighted by molar-refractivity contribution is -0.122. The molecule has 0 aliphatic carbocycles. The number of benzene rings is 2. The number of hydrogen-bond acceptors (Lipinski definition) is 4. The number of ether oxygens (including phenoxy) is 2. The van der Waals surface area contributed by atoms with E-state index in [1.807, 2.05) is 43.1 Å². The third kappa shape index (κ3) is 7.31. The van der Waals surface area contributed by atoms with E-state index in [1.54, 1.807) is 0 Å². The first-order valence-electron chi connectivity index (χ1n) is 9.35. The Hall–Kier alpha value is -2.53. The molecule has 0 fully saturated rings. The molecule has 2 aromatic rings. The van der Waals surface area contributed by atoms with Crippen LogP contribution in [0.1, 0.15) is 23.6 Å². The second kappa shape index (κ2) is 10.6. The number of carbonyl (C=O) groups is 1. The van der Waals surface area contributed by atoms with Gasteiger partial charge >= 0.3 is 0 Å². The van der Waals surface area contributed by atoms with E-state index in [4.69, 9.17) is 9.47 Å². The van der Waals surface area contributed by atoms with Crippen molar-refractivity contribution in [3.05, 3.63) is 59.2 Å². The van der Waals surface area contributed by atoms with Gasteiger partial charge in [0.1, 0.15) is 18.1 Å². The maximum absolute atomic E-state index is 12.1. The molecule has 5 heteroatoms. The van der Waals surface area contributed by atoms with Gasteiger partial charge in [0.15, 0.2) is 0 Å². The predicted octanol–water partition coefficient (Wildman–Crippen LogP) is 3.33. The van der Waals surface area contributed by atoms with Crippen LogP contribution in [0, 0.1) is 13.8 Å². The van der Waals surface area contributed by atoms with Gasteiger partial charge in [-0.1, -0.05) is 23.8 Å². The van der Waals surface area contributed by atoms with E-state index in [0.717, 1.165) is 18.0 Å². The van der Waals surface area contributed by atoms with Crippen LogP contribution in [-0.2, 0) is 11.3 Å². The number of nitrogens with one attached hydrogen (secondary N) is 1. The van der Waals surface area contributed by atoms with Crippen LogP contribution in [-0.4, -0.2) is 44.2 Å². The summed E-state index contributed by atoms with van der Waals surface area (Å²) in [6.45, 7) is 8.80. The number of nitrogens with zero attached hydrogens (tertiary/aromatic N) is 1. The monoisotopic (exact) mass is 370 g/mol. The summed E-state index contributed by atoms with van der Waals surface area (Å²) in [5.74, 6) is 1.59. The summed E-state index contributed by atoms with van der Waals surface area (Å²) in [7, 11) is 1.95. The highest BCUT2D eigenvalue weighted by Gasteiger charge is 2.08. The Morgan fingerprint density at radius 1 is 1.04 bits per heavy atom. The first-order valence-corrected chi connectivity index (χ1v) is 9.35. The number of carbonyl (C=O) groups excluding carboxylic acids is 1. The van der Waals surface area contributed by atoms with Crippen molar-refractivity contribution in [3.63, 3.8) is 0 Å². The number of rotatable bonds is 10. The summed E-state index contributed by atoms with van der Waals surface area (Å²) in [6, 6.07) is 13.9. The highest BCUT2D eigenvalue weighted by atomic mass is 16.5. The van der Waals surface area contributed by atoms with E-state index in [0.29, 0.717) is 26.3 Å². The lowest BCUT2D eigenvalue weighted by Gasteiger charge is -2.18. The lowest BCUT2D eigenvalue weighted by Crippen LogP contribution is -2.36. The fourth-order valence-corrected chi connectivity index (χ4v) is 2.83. The lowest BCUT2D eigenvalue weighted by atomic mass is 10.1. The Kier molecular flexibility index (Phi) is 8.14. The average molecular weight is 370 g/mol. The standard InChI is InChI=1S/C22H30N2O3/c1-5-26-20-8-10-21(11-9-20)27-13-12-23-22(25)16-24(4)15-19-7-6-17(2)14-18(19)3/h6-11,14H,5,12-13,15-16H2,1-4H3,(H,23,25). The molecular weight excluding hydrogens is 340 g/mol. The molecule has 2 rings (SSSR count). The summed E-state index contributed by atoms with van der Waals surface area (Å²) in [6.07, 6.45) is 0. The third-order valence-corrected chi connectivity index (χ3v) is 4.18. The Labute approximate surface area is 162 Å². The second-order valence-electron chi connectivity index (χ2n) is 6.71. The summed E-state index contributed by atoms with van der Waals surface area (Å²) in [5.41, 5.74) is 3.75. The summed E-state index contributed by atoms with van der Waals surface area (Å²) in [5, 5.41) is 2.89. The molecule has 0 saturated carbocycles. The largest absolute Gasteiger partial charge is 0.494 e. The van der Waals surface area contributed by atoms with Crippen LogP contribution in [0.2, 0.25) is 0 Å². The van der Waals surface area contributed by atoms with Crippen LogP contribution in [0.5, 0.6) is 11.5 Å². The molecule has 0 aliphatic rings. The fraction of sp³-hybridized carbons (Fsp3) is 0.409. The minimum atomic E-state index is -0.00226. The zero-order chi connectivity index (χ0) is 19.6. The molecule has 1 amide bonds. The molecule has 0 radical (unpaired) electrons. The van der Waals surface area contributed by atoms with Crippen molar-refractivity contribution in [2.45, 2.75) is 27.3 Å². The van der Waals surface area contributed by atoms with Crippen molar-refractivity contribution in [2.24, 2.45) is 0 Å². The SMILES string of the molecule is CCOc1ccc(OCCNC(=O)CN(C)Cc2ccc(C)cc2C)cc1. The molecular formula is C22H30N2O3. The van der Waals surface area contributed by atoms with Crippen molar-refractivity contribution in [2.75, 3.05) is 33.4 Å². The highest BCUT2D eigenvalue weighted by Crippen LogP contribution is 2.17. The number of likely N-dealkylation sites (N-methyl/N-ethyl adjacent to an activating group) is 1. The Balaban J connectivity index is 1.66. The zero-order valence-electron chi connectivity index (χ0n) is 16.7. The van der Waals surface area contributed by atoms with Crippen LogP contribution in [0.4, 0.5) is 0 Å². The van der Waals surface area contributed by atoms with Gasteiger partial charge in [-0.05, 0) is 63.2 Å². The number of amides is 1. The molecule has 0 unspecified atom stereocenters. The summed E-state index contributed by atoms with van der Waals surface area (Å²) >= 11 is 0. The molecule has 146 valence electrons. The topological polar surface area (TPSA) is 50.8 Å². The molecule has 0 saturated heterocycles. The molecule has 1 N–H and O–H groups in total. The Bertz CT molecular complexity index is 729. The van der Waals surface area contributed by atoms with Crippen molar-refractivity contribution in [3.8, 4) is 11.5 Å². The fourth-order valence-electron chi connectivity index (χ4n) is 2.83. The maximum atomic E-state index is 12.1. The summed E-state index contributed by atoms with van der Waals surface area (Å²) in [4.78, 5) is 14.1. The van der Waals surface area contributed by atoms with Gasteiger partial charge in [0, 0.05) is 6.54 Å². The quantitative estimate of drug-likeness (QED) is 0.652. The Morgan fingerprint density at radius 2 is 1.70 bits per heavy atom. The van der Waals surface area contributed by atoms with Gasteiger partial charge in [-0.3, -0.25) is 9.69 Å². The highest BCUT2D eigenvalue weighted by molar-refractivity contribution is 5.77. The molecule has 0 bridgehead atoms. The zero-order valence-corrected chi connectivity index (χ0v) is 16.7. The molecule has 2 aromatic carbocycles. The molecule has 0 aliphatic heterocycles. The molecule has 0 spiro atoms. The van der Waals surface area contributed by atoms with E-state index in [9.17, 15) is 4.79 Å².